The maximum Gasteiger partial charge on any atom is 0.0480 e. The molecule has 1 N–H and O–H groups in total. The molecule has 0 saturated heterocycles. The molecule has 2 heteroatoms. The van der Waals surface area contributed by atoms with Gasteiger partial charge in [-0.15, -0.1) is 0 Å². The van der Waals surface area contributed by atoms with Crippen molar-refractivity contribution < 1.29 is 4.74 Å². The van der Waals surface area contributed by atoms with E-state index in [1.165, 1.54) is 24.8 Å². The Morgan fingerprint density at radius 3 is 2.84 bits per heavy atom. The Kier molecular flexibility index (Phi) is 5.87. The van der Waals surface area contributed by atoms with E-state index >= 15 is 0 Å². The van der Waals surface area contributed by atoms with Gasteiger partial charge in [0.1, 0.15) is 0 Å². The SMILES string of the molecule is CCNC(CCOCC)Cc1ccc2c(c1)CCC2. The van der Waals surface area contributed by atoms with Crippen molar-refractivity contribution in [1.82, 2.24) is 5.32 Å². The average Bonchev–Trinajstić information content (AvgIpc) is 2.86. The van der Waals surface area contributed by atoms with Crippen molar-refractivity contribution in [2.75, 3.05) is 19.8 Å². The molecule has 0 spiro atoms. The van der Waals surface area contributed by atoms with Crippen LogP contribution in [0.5, 0.6) is 0 Å². The predicted octanol–water partition coefficient (Wildman–Crippen LogP) is 3.12. The summed E-state index contributed by atoms with van der Waals surface area (Å²) in [6, 6.07) is 7.61. The number of rotatable bonds is 8. The molecule has 0 aromatic heterocycles. The van der Waals surface area contributed by atoms with Gasteiger partial charge >= 0.3 is 0 Å². The normalized spacial score (nSPS) is 15.5. The van der Waals surface area contributed by atoms with Crippen LogP contribution in [0.4, 0.5) is 0 Å². The predicted molar refractivity (Wildman–Crippen MR) is 80.7 cm³/mol. The van der Waals surface area contributed by atoms with E-state index in [0.717, 1.165) is 32.6 Å². The van der Waals surface area contributed by atoms with Crippen LogP contribution in [0.25, 0.3) is 0 Å². The van der Waals surface area contributed by atoms with Crippen LogP contribution < -0.4 is 5.32 Å². The molecular formula is C17H27NO. The van der Waals surface area contributed by atoms with Gasteiger partial charge in [-0.05, 0) is 62.3 Å². The number of aryl methyl sites for hydroxylation is 2. The second-order valence-corrected chi connectivity index (χ2v) is 5.40. The summed E-state index contributed by atoms with van der Waals surface area (Å²) < 4.78 is 5.48. The molecule has 1 atom stereocenters. The van der Waals surface area contributed by atoms with Crippen molar-refractivity contribution >= 4 is 0 Å². The van der Waals surface area contributed by atoms with Gasteiger partial charge in [-0.1, -0.05) is 25.1 Å². The average molecular weight is 261 g/mol. The van der Waals surface area contributed by atoms with E-state index in [2.05, 4.69) is 37.4 Å². The summed E-state index contributed by atoms with van der Waals surface area (Å²) >= 11 is 0. The lowest BCUT2D eigenvalue weighted by Gasteiger charge is -2.18. The summed E-state index contributed by atoms with van der Waals surface area (Å²) in [5.41, 5.74) is 4.62. The highest BCUT2D eigenvalue weighted by Gasteiger charge is 2.13. The van der Waals surface area contributed by atoms with Crippen molar-refractivity contribution in [3.63, 3.8) is 0 Å². The second kappa shape index (κ2) is 7.66. The van der Waals surface area contributed by atoms with Crippen LogP contribution >= 0.6 is 0 Å². The Morgan fingerprint density at radius 1 is 1.21 bits per heavy atom. The van der Waals surface area contributed by atoms with Crippen molar-refractivity contribution in [2.45, 2.75) is 52.0 Å². The zero-order valence-corrected chi connectivity index (χ0v) is 12.4. The molecule has 2 rings (SSSR count). The summed E-state index contributed by atoms with van der Waals surface area (Å²) in [7, 11) is 0. The Morgan fingerprint density at radius 2 is 2.05 bits per heavy atom. The summed E-state index contributed by atoms with van der Waals surface area (Å²) in [4.78, 5) is 0. The monoisotopic (exact) mass is 261 g/mol. The van der Waals surface area contributed by atoms with E-state index in [4.69, 9.17) is 4.74 Å². The number of hydrogen-bond donors (Lipinski definition) is 1. The molecule has 0 saturated carbocycles. The molecule has 0 amide bonds. The summed E-state index contributed by atoms with van der Waals surface area (Å²) in [5.74, 6) is 0. The fourth-order valence-electron chi connectivity index (χ4n) is 2.97. The van der Waals surface area contributed by atoms with Crippen LogP contribution in [-0.2, 0) is 24.0 Å². The van der Waals surface area contributed by atoms with Crippen LogP contribution in [0.2, 0.25) is 0 Å². The second-order valence-electron chi connectivity index (χ2n) is 5.40. The van der Waals surface area contributed by atoms with E-state index in [1.807, 2.05) is 0 Å². The fraction of sp³-hybridized carbons (Fsp3) is 0.647. The molecule has 1 aliphatic carbocycles. The van der Waals surface area contributed by atoms with E-state index in [9.17, 15) is 0 Å². The van der Waals surface area contributed by atoms with Gasteiger partial charge in [-0.3, -0.25) is 0 Å². The van der Waals surface area contributed by atoms with Crippen molar-refractivity contribution in [3.8, 4) is 0 Å². The number of nitrogens with one attached hydrogen (secondary N) is 1. The molecular weight excluding hydrogens is 234 g/mol. The topological polar surface area (TPSA) is 21.3 Å². The van der Waals surface area contributed by atoms with Crippen LogP contribution in [0.1, 0.15) is 43.4 Å². The lowest BCUT2D eigenvalue weighted by molar-refractivity contribution is 0.136. The molecule has 1 aromatic rings. The van der Waals surface area contributed by atoms with Crippen molar-refractivity contribution in [2.24, 2.45) is 0 Å². The largest absolute Gasteiger partial charge is 0.382 e. The third-order valence-electron chi connectivity index (χ3n) is 3.95. The first-order valence-corrected chi connectivity index (χ1v) is 7.75. The highest BCUT2D eigenvalue weighted by Crippen LogP contribution is 2.23. The van der Waals surface area contributed by atoms with Gasteiger partial charge in [0.05, 0.1) is 0 Å². The zero-order valence-electron chi connectivity index (χ0n) is 12.4. The number of hydrogen-bond acceptors (Lipinski definition) is 2. The molecule has 1 aromatic carbocycles. The fourth-order valence-corrected chi connectivity index (χ4v) is 2.97. The lowest BCUT2D eigenvalue weighted by atomic mass is 9.99. The van der Waals surface area contributed by atoms with Gasteiger partial charge in [0.25, 0.3) is 0 Å². The van der Waals surface area contributed by atoms with Gasteiger partial charge in [0.2, 0.25) is 0 Å². The highest BCUT2D eigenvalue weighted by molar-refractivity contribution is 5.35. The molecule has 106 valence electrons. The molecule has 19 heavy (non-hydrogen) atoms. The van der Waals surface area contributed by atoms with Gasteiger partial charge in [0, 0.05) is 19.3 Å². The highest BCUT2D eigenvalue weighted by atomic mass is 16.5. The van der Waals surface area contributed by atoms with Gasteiger partial charge in [-0.25, -0.2) is 0 Å². The minimum Gasteiger partial charge on any atom is -0.382 e. The Bertz CT molecular complexity index is 389. The van der Waals surface area contributed by atoms with Crippen LogP contribution in [0.15, 0.2) is 18.2 Å². The number of benzene rings is 1. The Hall–Kier alpha value is -0.860. The molecule has 0 radical (unpaired) electrons. The molecule has 1 unspecified atom stereocenters. The number of ether oxygens (including phenoxy) is 1. The number of likely N-dealkylation sites (N-methyl/N-ethyl adjacent to an activating group) is 1. The molecule has 0 fully saturated rings. The molecule has 0 aliphatic heterocycles. The third kappa shape index (κ3) is 4.32. The molecule has 0 heterocycles. The van der Waals surface area contributed by atoms with E-state index in [-0.39, 0.29) is 0 Å². The minimum atomic E-state index is 0.538. The first kappa shape index (κ1) is 14.5. The summed E-state index contributed by atoms with van der Waals surface area (Å²) in [5, 5.41) is 3.58. The van der Waals surface area contributed by atoms with Crippen LogP contribution in [0, 0.1) is 0 Å². The zero-order chi connectivity index (χ0) is 13.5. The van der Waals surface area contributed by atoms with Crippen molar-refractivity contribution in [3.05, 3.63) is 34.9 Å². The maximum atomic E-state index is 5.48. The molecule has 0 bridgehead atoms. The summed E-state index contributed by atoms with van der Waals surface area (Å²) in [6.45, 7) is 6.94. The number of fused-ring (bicyclic) bond motifs is 1. The first-order valence-electron chi connectivity index (χ1n) is 7.75. The lowest BCUT2D eigenvalue weighted by Crippen LogP contribution is -2.32. The van der Waals surface area contributed by atoms with Gasteiger partial charge in [0.15, 0.2) is 0 Å². The first-order chi connectivity index (χ1) is 9.33. The van der Waals surface area contributed by atoms with Gasteiger partial charge < -0.3 is 10.1 Å². The minimum absolute atomic E-state index is 0.538. The van der Waals surface area contributed by atoms with Gasteiger partial charge in [-0.2, -0.15) is 0 Å². The van der Waals surface area contributed by atoms with E-state index < -0.39 is 0 Å². The quantitative estimate of drug-likeness (QED) is 0.726. The Balaban J connectivity index is 1.92. The smallest absolute Gasteiger partial charge is 0.0480 e. The maximum absolute atomic E-state index is 5.48. The summed E-state index contributed by atoms with van der Waals surface area (Å²) in [6.07, 6.45) is 6.09. The van der Waals surface area contributed by atoms with E-state index in [1.54, 1.807) is 11.1 Å². The van der Waals surface area contributed by atoms with Crippen LogP contribution in [-0.4, -0.2) is 25.8 Å². The Labute approximate surface area is 117 Å². The molecule has 2 nitrogen and oxygen atoms in total. The van der Waals surface area contributed by atoms with Crippen molar-refractivity contribution in [1.29, 1.82) is 0 Å². The van der Waals surface area contributed by atoms with E-state index in [0.29, 0.717) is 6.04 Å². The molecule has 1 aliphatic rings. The van der Waals surface area contributed by atoms with Crippen LogP contribution in [0.3, 0.4) is 0 Å². The third-order valence-corrected chi connectivity index (χ3v) is 3.95. The standard InChI is InChI=1S/C17H27NO/c1-3-18-17(10-11-19-4-2)13-14-8-9-15-6-5-7-16(15)12-14/h8-9,12,17-18H,3-7,10-11,13H2,1-2H3.